The van der Waals surface area contributed by atoms with Crippen molar-refractivity contribution in [1.82, 2.24) is 0 Å². The summed E-state index contributed by atoms with van der Waals surface area (Å²) in [4.78, 5) is 26.5. The minimum absolute atomic E-state index is 0.0548. The van der Waals surface area contributed by atoms with Crippen LogP contribution in [0.4, 0.5) is 18.9 Å². The molecule has 4 rings (SSSR count). The van der Waals surface area contributed by atoms with E-state index in [-0.39, 0.29) is 5.69 Å². The summed E-state index contributed by atoms with van der Waals surface area (Å²) in [5.74, 6) is -2.45. The average molecular weight is 337 g/mol. The Morgan fingerprint density at radius 1 is 1.04 bits per heavy atom. The number of fused-ring (bicyclic) bond motifs is 5. The number of anilines is 1. The van der Waals surface area contributed by atoms with E-state index in [1.807, 2.05) is 0 Å². The Morgan fingerprint density at radius 3 is 2.08 bits per heavy atom. The van der Waals surface area contributed by atoms with E-state index < -0.39 is 46.6 Å². The monoisotopic (exact) mass is 337 g/mol. The number of carbonyl (C=O) groups is 2. The number of carbonyl (C=O) groups excluding carboxylic acids is 2. The van der Waals surface area contributed by atoms with Gasteiger partial charge in [-0.05, 0) is 32.0 Å². The predicted molar refractivity (Wildman–Crippen MR) is 78.0 cm³/mol. The van der Waals surface area contributed by atoms with E-state index in [2.05, 4.69) is 0 Å². The molecule has 0 radical (unpaired) electrons. The molecule has 2 bridgehead atoms. The Hall–Kier alpha value is -2.15. The number of rotatable bonds is 1. The standard InChI is InChI=1S/C17H14F3NO3/c1-15-6-7-16(2,24-15)12-11(15)13(22)21(14(12)23)10-5-3-4-9(8-10)17(18,19)20/h3-8,11-12H,1-2H3/t11-,12?,15?,16?/m0/s1. The van der Waals surface area contributed by atoms with Crippen LogP contribution in [0.1, 0.15) is 19.4 Å². The molecule has 4 atom stereocenters. The lowest BCUT2D eigenvalue weighted by Crippen LogP contribution is -2.39. The summed E-state index contributed by atoms with van der Waals surface area (Å²) in [6, 6.07) is 4.27. The average Bonchev–Trinajstić information content (AvgIpc) is 3.03. The van der Waals surface area contributed by atoms with Gasteiger partial charge in [0.2, 0.25) is 11.8 Å². The van der Waals surface area contributed by atoms with Crippen molar-refractivity contribution in [3.63, 3.8) is 0 Å². The number of hydrogen-bond acceptors (Lipinski definition) is 3. The maximum Gasteiger partial charge on any atom is 0.416 e. The third-order valence-corrected chi connectivity index (χ3v) is 5.16. The first-order valence-electron chi connectivity index (χ1n) is 7.52. The smallest absolute Gasteiger partial charge is 0.359 e. The van der Waals surface area contributed by atoms with E-state index in [9.17, 15) is 22.8 Å². The van der Waals surface area contributed by atoms with E-state index in [0.29, 0.717) is 0 Å². The molecule has 0 aromatic heterocycles. The summed E-state index contributed by atoms with van der Waals surface area (Å²) in [6.07, 6.45) is -1.02. The fraction of sp³-hybridized carbons (Fsp3) is 0.412. The second-order valence-corrected chi connectivity index (χ2v) is 6.82. The van der Waals surface area contributed by atoms with Crippen LogP contribution in [0.2, 0.25) is 0 Å². The highest BCUT2D eigenvalue weighted by Crippen LogP contribution is 2.57. The number of alkyl halides is 3. The van der Waals surface area contributed by atoms with E-state index >= 15 is 0 Å². The molecule has 7 heteroatoms. The van der Waals surface area contributed by atoms with Crippen molar-refractivity contribution in [2.24, 2.45) is 11.8 Å². The highest BCUT2D eigenvalue weighted by atomic mass is 19.4. The van der Waals surface area contributed by atoms with Gasteiger partial charge < -0.3 is 4.74 Å². The Kier molecular flexibility index (Phi) is 2.74. The second-order valence-electron chi connectivity index (χ2n) is 6.82. The van der Waals surface area contributed by atoms with Crippen LogP contribution >= 0.6 is 0 Å². The number of ether oxygens (including phenoxy) is 1. The zero-order valence-electron chi connectivity index (χ0n) is 12.9. The Labute approximate surface area is 135 Å². The molecule has 126 valence electrons. The third kappa shape index (κ3) is 1.79. The molecule has 3 aliphatic heterocycles. The van der Waals surface area contributed by atoms with Crippen molar-refractivity contribution in [1.29, 1.82) is 0 Å². The minimum atomic E-state index is -4.54. The molecule has 0 spiro atoms. The number of benzene rings is 1. The summed E-state index contributed by atoms with van der Waals surface area (Å²) >= 11 is 0. The molecule has 1 aromatic carbocycles. The van der Waals surface area contributed by atoms with Gasteiger partial charge in [0.1, 0.15) is 0 Å². The molecule has 2 fully saturated rings. The Morgan fingerprint density at radius 2 is 1.58 bits per heavy atom. The Bertz CT molecular complexity index is 767. The summed E-state index contributed by atoms with van der Waals surface area (Å²) < 4.78 is 44.6. The molecule has 3 unspecified atom stereocenters. The van der Waals surface area contributed by atoms with Gasteiger partial charge in [0.05, 0.1) is 34.3 Å². The fourth-order valence-corrected chi connectivity index (χ4v) is 4.11. The maximum absolute atomic E-state index is 12.9. The van der Waals surface area contributed by atoms with Gasteiger partial charge in [0.25, 0.3) is 0 Å². The van der Waals surface area contributed by atoms with Crippen LogP contribution in [0.25, 0.3) is 0 Å². The molecule has 1 aromatic rings. The Balaban J connectivity index is 1.78. The first kappa shape index (κ1) is 15.4. The van der Waals surface area contributed by atoms with Crippen molar-refractivity contribution in [3.8, 4) is 0 Å². The number of halogens is 3. The summed E-state index contributed by atoms with van der Waals surface area (Å²) in [5, 5.41) is 0. The van der Waals surface area contributed by atoms with Crippen LogP contribution in [0, 0.1) is 11.8 Å². The first-order chi connectivity index (χ1) is 11.1. The van der Waals surface area contributed by atoms with Gasteiger partial charge in [-0.2, -0.15) is 13.2 Å². The van der Waals surface area contributed by atoms with Crippen LogP contribution in [0.5, 0.6) is 0 Å². The molecule has 2 amide bonds. The zero-order valence-corrected chi connectivity index (χ0v) is 12.9. The molecule has 4 nitrogen and oxygen atoms in total. The van der Waals surface area contributed by atoms with Crippen LogP contribution in [0.15, 0.2) is 36.4 Å². The largest absolute Gasteiger partial charge is 0.416 e. The SMILES string of the molecule is CC12C=CC(C)(O1)[C@@H]1C(=O)N(c3cccc(C(F)(F)F)c3)C(=O)C12. The summed E-state index contributed by atoms with van der Waals surface area (Å²) in [7, 11) is 0. The van der Waals surface area contributed by atoms with Crippen LogP contribution < -0.4 is 4.90 Å². The third-order valence-electron chi connectivity index (χ3n) is 5.16. The minimum Gasteiger partial charge on any atom is -0.359 e. The zero-order chi connectivity index (χ0) is 17.5. The highest BCUT2D eigenvalue weighted by molar-refractivity contribution is 6.23. The van der Waals surface area contributed by atoms with Gasteiger partial charge in [0.15, 0.2) is 0 Å². The number of hydrogen-bond donors (Lipinski definition) is 0. The molecular formula is C17H14F3NO3. The van der Waals surface area contributed by atoms with Crippen molar-refractivity contribution in [2.75, 3.05) is 4.90 Å². The van der Waals surface area contributed by atoms with Gasteiger partial charge >= 0.3 is 6.18 Å². The molecule has 3 aliphatic rings. The van der Waals surface area contributed by atoms with Gasteiger partial charge in [0, 0.05) is 0 Å². The van der Waals surface area contributed by atoms with E-state index in [4.69, 9.17) is 4.74 Å². The molecule has 0 saturated carbocycles. The number of imide groups is 1. The van der Waals surface area contributed by atoms with E-state index in [1.165, 1.54) is 12.1 Å². The topological polar surface area (TPSA) is 46.6 Å². The lowest BCUT2D eigenvalue weighted by molar-refractivity contribution is -0.138. The molecular weight excluding hydrogens is 323 g/mol. The first-order valence-corrected chi connectivity index (χ1v) is 7.52. The normalized spacial score (nSPS) is 37.5. The molecule has 3 heterocycles. The van der Waals surface area contributed by atoms with Gasteiger partial charge in [-0.15, -0.1) is 0 Å². The lowest BCUT2D eigenvalue weighted by Gasteiger charge is -2.25. The summed E-state index contributed by atoms with van der Waals surface area (Å²) in [6.45, 7) is 3.44. The van der Waals surface area contributed by atoms with E-state index in [0.717, 1.165) is 17.0 Å². The van der Waals surface area contributed by atoms with Crippen LogP contribution in [-0.4, -0.2) is 23.0 Å². The molecule has 0 N–H and O–H groups in total. The maximum atomic E-state index is 12.9. The lowest BCUT2D eigenvalue weighted by atomic mass is 9.73. The summed E-state index contributed by atoms with van der Waals surface area (Å²) in [5.41, 5.74) is -2.75. The molecule has 2 saturated heterocycles. The number of amides is 2. The fourth-order valence-electron chi connectivity index (χ4n) is 4.11. The second kappa shape index (κ2) is 4.27. The van der Waals surface area contributed by atoms with Gasteiger partial charge in [-0.3, -0.25) is 9.59 Å². The van der Waals surface area contributed by atoms with Crippen molar-refractivity contribution in [3.05, 3.63) is 42.0 Å². The predicted octanol–water partition coefficient (Wildman–Crippen LogP) is 2.93. The van der Waals surface area contributed by atoms with Crippen molar-refractivity contribution in [2.45, 2.75) is 31.2 Å². The molecule has 24 heavy (non-hydrogen) atoms. The van der Waals surface area contributed by atoms with Crippen LogP contribution in [0.3, 0.4) is 0 Å². The van der Waals surface area contributed by atoms with Crippen molar-refractivity contribution < 1.29 is 27.5 Å². The highest BCUT2D eigenvalue weighted by Gasteiger charge is 2.70. The van der Waals surface area contributed by atoms with Gasteiger partial charge in [-0.1, -0.05) is 18.2 Å². The molecule has 0 aliphatic carbocycles. The van der Waals surface area contributed by atoms with Crippen molar-refractivity contribution >= 4 is 17.5 Å². The van der Waals surface area contributed by atoms with Crippen LogP contribution in [-0.2, 0) is 20.5 Å². The van der Waals surface area contributed by atoms with Gasteiger partial charge in [-0.25, -0.2) is 4.90 Å². The quantitative estimate of drug-likeness (QED) is 0.585. The number of nitrogens with zero attached hydrogens (tertiary/aromatic N) is 1. The van der Waals surface area contributed by atoms with E-state index in [1.54, 1.807) is 26.0 Å².